The zero-order chi connectivity index (χ0) is 19.3. The average molecular weight is 442 g/mol. The van der Waals surface area contributed by atoms with Crippen LogP contribution in [-0.4, -0.2) is 36.7 Å². The number of ether oxygens (including phenoxy) is 2. The number of methoxy groups -OCH3 is 1. The summed E-state index contributed by atoms with van der Waals surface area (Å²) in [7, 11) is 1.24. The highest BCUT2D eigenvalue weighted by Gasteiger charge is 2.25. The Hall–Kier alpha value is -2.39. The van der Waals surface area contributed by atoms with Crippen LogP contribution >= 0.6 is 27.3 Å². The van der Waals surface area contributed by atoms with Gasteiger partial charge in [0.15, 0.2) is 17.2 Å². The Morgan fingerprint density at radius 2 is 2.04 bits per heavy atom. The number of thiophene rings is 1. The third kappa shape index (κ3) is 4.83. The van der Waals surface area contributed by atoms with Gasteiger partial charge in [-0.15, -0.1) is 11.3 Å². The highest BCUT2D eigenvalue weighted by molar-refractivity contribution is 9.10. The fourth-order valence-corrected chi connectivity index (χ4v) is 4.09. The van der Waals surface area contributed by atoms with Gasteiger partial charge in [0.25, 0.3) is 0 Å². The van der Waals surface area contributed by atoms with E-state index in [1.165, 1.54) is 14.0 Å². The van der Waals surface area contributed by atoms with Gasteiger partial charge in [-0.2, -0.15) is 0 Å². The second-order valence-electron chi connectivity index (χ2n) is 5.19. The zero-order valence-corrected chi connectivity index (χ0v) is 16.4. The zero-order valence-electron chi connectivity index (χ0n) is 14.0. The molecule has 26 heavy (non-hydrogen) atoms. The monoisotopic (exact) mass is 441 g/mol. The van der Waals surface area contributed by atoms with Crippen LogP contribution in [0.4, 0.5) is 0 Å². The van der Waals surface area contributed by atoms with E-state index in [0.717, 1.165) is 22.5 Å². The lowest BCUT2D eigenvalue weighted by molar-refractivity contribution is -0.139. The molecular formula is C17H16BrNO6S. The van der Waals surface area contributed by atoms with Gasteiger partial charge in [-0.1, -0.05) is 18.2 Å². The molecule has 2 rings (SSSR count). The molecule has 0 atom stereocenters. The second kappa shape index (κ2) is 8.81. The van der Waals surface area contributed by atoms with Crippen LogP contribution in [0.2, 0.25) is 0 Å². The number of carboxylic acids is 1. The Balaban J connectivity index is 2.42. The largest absolute Gasteiger partial charge is 0.479 e. The summed E-state index contributed by atoms with van der Waals surface area (Å²) in [6, 6.07) is 7.41. The van der Waals surface area contributed by atoms with E-state index in [-0.39, 0.29) is 16.5 Å². The molecule has 0 saturated heterocycles. The van der Waals surface area contributed by atoms with Crippen LogP contribution in [0.25, 0.3) is 10.4 Å². The number of carbonyl (C=O) groups excluding carboxylic acids is 2. The van der Waals surface area contributed by atoms with Crippen molar-refractivity contribution in [1.29, 1.82) is 0 Å². The molecule has 1 aromatic carbocycles. The maximum absolute atomic E-state index is 12.0. The van der Waals surface area contributed by atoms with Crippen LogP contribution in [0.5, 0.6) is 5.75 Å². The predicted molar refractivity (Wildman–Crippen MR) is 99.4 cm³/mol. The molecule has 0 unspecified atom stereocenters. The van der Waals surface area contributed by atoms with E-state index in [1.54, 1.807) is 0 Å². The Morgan fingerprint density at radius 3 is 2.65 bits per heavy atom. The van der Waals surface area contributed by atoms with Crippen LogP contribution < -0.4 is 10.1 Å². The molecular weight excluding hydrogens is 426 g/mol. The number of halogens is 1. The number of hydrogen-bond acceptors (Lipinski definition) is 6. The Labute approximate surface area is 162 Å². The van der Waals surface area contributed by atoms with Crippen molar-refractivity contribution in [2.24, 2.45) is 0 Å². The molecule has 0 aliphatic carbocycles. The van der Waals surface area contributed by atoms with E-state index >= 15 is 0 Å². The minimum Gasteiger partial charge on any atom is -0.479 e. The third-order valence-electron chi connectivity index (χ3n) is 3.25. The first-order valence-corrected chi connectivity index (χ1v) is 9.03. The summed E-state index contributed by atoms with van der Waals surface area (Å²) in [6.07, 6.45) is 0. The summed E-state index contributed by atoms with van der Waals surface area (Å²) in [5, 5.41) is 11.5. The molecule has 0 aliphatic heterocycles. The summed E-state index contributed by atoms with van der Waals surface area (Å²) in [5.74, 6) is -1.77. The van der Waals surface area contributed by atoms with Crippen LogP contribution in [0.1, 0.15) is 22.2 Å². The maximum Gasteiger partial charge on any atom is 0.351 e. The number of amides is 1. The van der Waals surface area contributed by atoms with Crippen LogP contribution in [0.3, 0.4) is 0 Å². The Bertz CT molecular complexity index is 848. The number of carboxylic acid groups (broad SMARTS) is 1. The first-order chi connectivity index (χ1) is 12.3. The molecule has 1 heterocycles. The summed E-state index contributed by atoms with van der Waals surface area (Å²) in [4.78, 5) is 34.7. The molecule has 0 saturated carbocycles. The van der Waals surface area contributed by atoms with Crippen molar-refractivity contribution < 1.29 is 29.0 Å². The van der Waals surface area contributed by atoms with Crippen molar-refractivity contribution in [1.82, 2.24) is 5.32 Å². The van der Waals surface area contributed by atoms with Crippen LogP contribution in [0, 0.1) is 0 Å². The molecule has 1 amide bonds. The topological polar surface area (TPSA) is 102 Å². The van der Waals surface area contributed by atoms with E-state index in [4.69, 9.17) is 14.6 Å². The molecule has 0 radical (unpaired) electrons. The lowest BCUT2D eigenvalue weighted by Crippen LogP contribution is -2.18. The van der Waals surface area contributed by atoms with Gasteiger partial charge in [-0.05, 0) is 33.1 Å². The Morgan fingerprint density at radius 1 is 1.31 bits per heavy atom. The maximum atomic E-state index is 12.0. The summed E-state index contributed by atoms with van der Waals surface area (Å²) in [5.41, 5.74) is 1.67. The molecule has 2 N–H and O–H groups in total. The molecule has 7 nitrogen and oxygen atoms in total. The summed E-state index contributed by atoms with van der Waals surface area (Å²) >= 11 is 4.52. The lowest BCUT2D eigenvalue weighted by Gasteiger charge is -2.06. The van der Waals surface area contributed by atoms with Crippen molar-refractivity contribution >= 4 is 45.1 Å². The fourth-order valence-electron chi connectivity index (χ4n) is 2.12. The first-order valence-electron chi connectivity index (χ1n) is 7.42. The number of rotatable bonds is 7. The van der Waals surface area contributed by atoms with Gasteiger partial charge < -0.3 is 19.9 Å². The number of nitrogens with one attached hydrogen (secondary N) is 1. The van der Waals surface area contributed by atoms with Gasteiger partial charge in [0.1, 0.15) is 0 Å². The van der Waals surface area contributed by atoms with Crippen molar-refractivity contribution in [3.63, 3.8) is 0 Å². The molecule has 0 fully saturated rings. The van der Waals surface area contributed by atoms with Crippen molar-refractivity contribution in [3.05, 3.63) is 39.2 Å². The third-order valence-corrected chi connectivity index (χ3v) is 5.47. The minimum atomic E-state index is -1.15. The van der Waals surface area contributed by atoms with Gasteiger partial charge in [0.2, 0.25) is 5.91 Å². The van der Waals surface area contributed by atoms with Crippen molar-refractivity contribution in [2.45, 2.75) is 13.5 Å². The normalized spacial score (nSPS) is 10.3. The molecule has 0 aliphatic rings. The Kier molecular flexibility index (Phi) is 6.76. The molecule has 1 aromatic heterocycles. The fraction of sp³-hybridized carbons (Fsp3) is 0.235. The van der Waals surface area contributed by atoms with Crippen LogP contribution in [-0.2, 0) is 20.9 Å². The van der Waals surface area contributed by atoms with Crippen LogP contribution in [0.15, 0.2) is 28.7 Å². The van der Waals surface area contributed by atoms with Crippen molar-refractivity contribution in [2.75, 3.05) is 13.7 Å². The number of hydrogen-bond donors (Lipinski definition) is 2. The van der Waals surface area contributed by atoms with E-state index in [9.17, 15) is 14.4 Å². The second-order valence-corrected chi connectivity index (χ2v) is 7.00. The molecule has 0 bridgehead atoms. The lowest BCUT2D eigenvalue weighted by atomic mass is 10.1. The molecule has 0 spiro atoms. The smallest absolute Gasteiger partial charge is 0.351 e. The van der Waals surface area contributed by atoms with Gasteiger partial charge in [-0.3, -0.25) is 4.79 Å². The molecule has 9 heteroatoms. The standard InChI is InChI=1S/C17H16BrNO6S/c1-9(20)19-7-10-4-3-5-11(6-10)15-13(18)14(25-8-12(21)22)16(26-15)17(23)24-2/h3-6H,7-8H2,1-2H3,(H,19,20)(H,21,22). The molecule has 138 valence electrons. The number of esters is 1. The van der Waals surface area contributed by atoms with E-state index in [1.807, 2.05) is 24.3 Å². The van der Waals surface area contributed by atoms with Gasteiger partial charge in [0.05, 0.1) is 16.5 Å². The highest BCUT2D eigenvalue weighted by Crippen LogP contribution is 2.46. The SMILES string of the molecule is COC(=O)c1sc(-c2cccc(CNC(C)=O)c2)c(Br)c1OCC(=O)O. The minimum absolute atomic E-state index is 0.131. The van der Waals surface area contributed by atoms with E-state index in [0.29, 0.717) is 15.9 Å². The first kappa shape index (κ1) is 19.9. The van der Waals surface area contributed by atoms with E-state index < -0.39 is 18.5 Å². The molecule has 2 aromatic rings. The van der Waals surface area contributed by atoms with Gasteiger partial charge in [-0.25, -0.2) is 9.59 Å². The van der Waals surface area contributed by atoms with Gasteiger partial charge >= 0.3 is 11.9 Å². The quantitative estimate of drug-likeness (QED) is 0.640. The average Bonchev–Trinajstić information content (AvgIpc) is 2.94. The number of carbonyl (C=O) groups is 3. The number of aliphatic carboxylic acids is 1. The summed E-state index contributed by atoms with van der Waals surface area (Å²) < 4.78 is 10.5. The van der Waals surface area contributed by atoms with Gasteiger partial charge in [0, 0.05) is 13.5 Å². The summed E-state index contributed by atoms with van der Waals surface area (Å²) in [6.45, 7) is 1.23. The highest BCUT2D eigenvalue weighted by atomic mass is 79.9. The predicted octanol–water partition coefficient (Wildman–Crippen LogP) is 3.06. The number of benzene rings is 1. The van der Waals surface area contributed by atoms with E-state index in [2.05, 4.69) is 21.2 Å². The van der Waals surface area contributed by atoms with Crippen molar-refractivity contribution in [3.8, 4) is 16.2 Å².